The molecule has 3 heterocycles. The summed E-state index contributed by atoms with van der Waals surface area (Å²) < 4.78 is 34.0. The number of amides is 1. The van der Waals surface area contributed by atoms with E-state index in [0.29, 0.717) is 11.3 Å². The van der Waals surface area contributed by atoms with E-state index < -0.39 is 17.6 Å². The second kappa shape index (κ2) is 6.16. The lowest BCUT2D eigenvalue weighted by Gasteiger charge is -2.33. The fraction of sp³-hybridized carbons (Fsp3) is 0.529. The number of aromatic nitrogens is 2. The van der Waals surface area contributed by atoms with Crippen LogP contribution in [0.4, 0.5) is 25.1 Å². The van der Waals surface area contributed by atoms with E-state index in [1.165, 1.54) is 0 Å². The lowest BCUT2D eigenvalue weighted by molar-refractivity contribution is -0.0221. The van der Waals surface area contributed by atoms with Crippen molar-refractivity contribution in [2.75, 3.05) is 23.3 Å². The number of nitrogens with zero attached hydrogens (tertiary/aromatic N) is 3. The summed E-state index contributed by atoms with van der Waals surface area (Å²) in [6.45, 7) is 5.84. The van der Waals surface area contributed by atoms with Gasteiger partial charge < -0.3 is 9.64 Å². The van der Waals surface area contributed by atoms with Crippen LogP contribution in [0.2, 0.25) is 0 Å². The topological polar surface area (TPSA) is 58.9 Å². The first kappa shape index (κ1) is 17.4. The van der Waals surface area contributed by atoms with Crippen molar-refractivity contribution in [3.05, 3.63) is 24.5 Å². The van der Waals surface area contributed by atoms with Gasteiger partial charge in [0.05, 0.1) is 5.69 Å². The van der Waals surface area contributed by atoms with E-state index in [4.69, 9.17) is 4.74 Å². The number of alkyl halides is 2. The van der Waals surface area contributed by atoms with Crippen LogP contribution in [0.25, 0.3) is 5.65 Å². The Morgan fingerprint density at radius 3 is 2.60 bits per heavy atom. The largest absolute Gasteiger partial charge is 0.444 e. The molecule has 0 atom stereocenters. The lowest BCUT2D eigenvalue weighted by atomic mass is 10.1. The Kier molecular flexibility index (Phi) is 4.30. The number of hydrogen-bond donors (Lipinski definition) is 1. The third kappa shape index (κ3) is 4.18. The third-order valence-corrected chi connectivity index (χ3v) is 3.95. The van der Waals surface area contributed by atoms with Crippen LogP contribution in [-0.2, 0) is 4.74 Å². The minimum atomic E-state index is -2.61. The molecular formula is C17H22F2N4O2. The first-order valence-corrected chi connectivity index (χ1v) is 8.23. The fourth-order valence-corrected chi connectivity index (χ4v) is 2.81. The molecular weight excluding hydrogens is 330 g/mol. The van der Waals surface area contributed by atoms with Crippen LogP contribution < -0.4 is 10.2 Å². The maximum atomic E-state index is 13.4. The standard InChI is InChI=1S/C17H22F2N4O2/c1-16(2,3)25-15(24)21-12-10-13-20-6-9-23(13)14(11-12)22-7-4-17(18,19)5-8-22/h6,9-11H,4-5,7-8H2,1-3H3,(H,21,24). The Morgan fingerprint density at radius 1 is 1.28 bits per heavy atom. The van der Waals surface area contributed by atoms with Gasteiger partial charge in [-0.3, -0.25) is 9.72 Å². The Labute approximate surface area is 144 Å². The third-order valence-electron chi connectivity index (χ3n) is 3.95. The molecule has 8 heteroatoms. The number of rotatable bonds is 2. The summed E-state index contributed by atoms with van der Waals surface area (Å²) in [5.41, 5.74) is 0.532. The maximum Gasteiger partial charge on any atom is 0.412 e. The van der Waals surface area contributed by atoms with E-state index in [-0.39, 0.29) is 25.9 Å². The number of piperidine rings is 1. The van der Waals surface area contributed by atoms with Crippen LogP contribution in [0.5, 0.6) is 0 Å². The molecule has 1 aliphatic heterocycles. The molecule has 1 N–H and O–H groups in total. The van der Waals surface area contributed by atoms with E-state index in [0.717, 1.165) is 5.82 Å². The minimum Gasteiger partial charge on any atom is -0.444 e. The van der Waals surface area contributed by atoms with Crippen LogP contribution in [0, 0.1) is 0 Å². The van der Waals surface area contributed by atoms with Gasteiger partial charge in [-0.2, -0.15) is 0 Å². The second-order valence-corrected chi connectivity index (χ2v) is 7.23. The van der Waals surface area contributed by atoms with Gasteiger partial charge >= 0.3 is 6.09 Å². The number of imidazole rings is 1. The number of pyridine rings is 1. The highest BCUT2D eigenvalue weighted by Crippen LogP contribution is 2.32. The van der Waals surface area contributed by atoms with E-state index >= 15 is 0 Å². The molecule has 0 saturated carbocycles. The minimum absolute atomic E-state index is 0.188. The van der Waals surface area contributed by atoms with Crippen molar-refractivity contribution >= 4 is 23.2 Å². The molecule has 1 aliphatic rings. The zero-order valence-electron chi connectivity index (χ0n) is 14.6. The van der Waals surface area contributed by atoms with Crippen molar-refractivity contribution in [1.29, 1.82) is 0 Å². The Hall–Kier alpha value is -2.38. The average molecular weight is 352 g/mol. The Balaban J connectivity index is 1.86. The van der Waals surface area contributed by atoms with Gasteiger partial charge in [0.15, 0.2) is 0 Å². The molecule has 0 aliphatic carbocycles. The number of hydrogen-bond acceptors (Lipinski definition) is 4. The molecule has 25 heavy (non-hydrogen) atoms. The SMILES string of the molecule is CC(C)(C)OC(=O)Nc1cc(N2CCC(F)(F)CC2)n2ccnc2c1. The molecule has 1 amide bonds. The summed E-state index contributed by atoms with van der Waals surface area (Å²) in [6.07, 6.45) is 2.46. The maximum absolute atomic E-state index is 13.4. The van der Waals surface area contributed by atoms with Crippen LogP contribution in [0.3, 0.4) is 0 Å². The molecule has 0 aromatic carbocycles. The summed E-state index contributed by atoms with van der Waals surface area (Å²) >= 11 is 0. The first-order chi connectivity index (χ1) is 11.6. The number of carbonyl (C=O) groups excluding carboxylic acids is 1. The van der Waals surface area contributed by atoms with Crippen LogP contribution in [-0.4, -0.2) is 40.1 Å². The number of fused-ring (bicyclic) bond motifs is 1. The van der Waals surface area contributed by atoms with Crippen molar-refractivity contribution in [1.82, 2.24) is 9.38 Å². The van der Waals surface area contributed by atoms with Crippen molar-refractivity contribution in [3.8, 4) is 0 Å². The van der Waals surface area contributed by atoms with Crippen molar-refractivity contribution in [2.45, 2.75) is 45.1 Å². The highest BCUT2D eigenvalue weighted by molar-refractivity contribution is 5.86. The molecule has 1 saturated heterocycles. The highest BCUT2D eigenvalue weighted by Gasteiger charge is 2.34. The molecule has 0 unspecified atom stereocenters. The zero-order chi connectivity index (χ0) is 18.2. The number of ether oxygens (including phenoxy) is 1. The van der Waals surface area contributed by atoms with Gasteiger partial charge in [-0.05, 0) is 20.8 Å². The molecule has 136 valence electrons. The normalized spacial score (nSPS) is 17.6. The quantitative estimate of drug-likeness (QED) is 0.890. The Morgan fingerprint density at radius 2 is 1.96 bits per heavy atom. The molecule has 6 nitrogen and oxygen atoms in total. The van der Waals surface area contributed by atoms with E-state index in [1.54, 1.807) is 45.3 Å². The van der Waals surface area contributed by atoms with Gasteiger partial charge in [-0.1, -0.05) is 0 Å². The van der Waals surface area contributed by atoms with Crippen LogP contribution in [0.1, 0.15) is 33.6 Å². The molecule has 2 aromatic rings. The predicted molar refractivity (Wildman–Crippen MR) is 91.4 cm³/mol. The van der Waals surface area contributed by atoms with Gasteiger partial charge in [0, 0.05) is 50.5 Å². The number of carbonyl (C=O) groups is 1. The molecule has 0 spiro atoms. The number of halogens is 2. The predicted octanol–water partition coefficient (Wildman–Crippen LogP) is 3.92. The molecule has 1 fully saturated rings. The van der Waals surface area contributed by atoms with Crippen LogP contribution in [0.15, 0.2) is 24.5 Å². The average Bonchev–Trinajstić information content (AvgIpc) is 2.92. The van der Waals surface area contributed by atoms with Gasteiger partial charge in [0.25, 0.3) is 5.92 Å². The summed E-state index contributed by atoms with van der Waals surface area (Å²) in [5, 5.41) is 2.69. The molecule has 0 bridgehead atoms. The highest BCUT2D eigenvalue weighted by atomic mass is 19.3. The summed E-state index contributed by atoms with van der Waals surface area (Å²) in [4.78, 5) is 18.1. The van der Waals surface area contributed by atoms with Crippen LogP contribution >= 0.6 is 0 Å². The second-order valence-electron chi connectivity index (χ2n) is 7.23. The number of anilines is 2. The lowest BCUT2D eigenvalue weighted by Crippen LogP contribution is -2.40. The molecule has 0 radical (unpaired) electrons. The van der Waals surface area contributed by atoms with Gasteiger partial charge in [0.1, 0.15) is 17.1 Å². The van der Waals surface area contributed by atoms with Crippen molar-refractivity contribution in [3.63, 3.8) is 0 Å². The van der Waals surface area contributed by atoms with E-state index in [1.807, 2.05) is 9.30 Å². The Bertz CT molecular complexity index is 773. The van der Waals surface area contributed by atoms with Crippen molar-refractivity contribution in [2.24, 2.45) is 0 Å². The zero-order valence-corrected chi connectivity index (χ0v) is 14.6. The van der Waals surface area contributed by atoms with Gasteiger partial charge in [-0.25, -0.2) is 18.6 Å². The smallest absolute Gasteiger partial charge is 0.412 e. The number of nitrogens with one attached hydrogen (secondary N) is 1. The first-order valence-electron chi connectivity index (χ1n) is 8.23. The summed E-state index contributed by atoms with van der Waals surface area (Å²) in [7, 11) is 0. The molecule has 2 aromatic heterocycles. The fourth-order valence-electron chi connectivity index (χ4n) is 2.81. The summed E-state index contributed by atoms with van der Waals surface area (Å²) in [6, 6.07) is 3.47. The van der Waals surface area contributed by atoms with Crippen molar-refractivity contribution < 1.29 is 18.3 Å². The van der Waals surface area contributed by atoms with E-state index in [9.17, 15) is 13.6 Å². The molecule has 3 rings (SSSR count). The summed E-state index contributed by atoms with van der Waals surface area (Å²) in [5.74, 6) is -1.90. The monoisotopic (exact) mass is 352 g/mol. The van der Waals surface area contributed by atoms with Gasteiger partial charge in [0.2, 0.25) is 0 Å². The van der Waals surface area contributed by atoms with E-state index in [2.05, 4.69) is 10.3 Å². The van der Waals surface area contributed by atoms with Gasteiger partial charge in [-0.15, -0.1) is 0 Å².